The fraction of sp³-hybridized carbons (Fsp3) is 0.217. The van der Waals surface area contributed by atoms with Crippen molar-refractivity contribution in [1.29, 1.82) is 0 Å². The van der Waals surface area contributed by atoms with E-state index in [-0.39, 0.29) is 17.6 Å². The first-order chi connectivity index (χ1) is 15.0. The Balaban J connectivity index is 1.40. The first-order valence-corrected chi connectivity index (χ1v) is 9.97. The van der Waals surface area contributed by atoms with Crippen LogP contribution in [0.2, 0.25) is 0 Å². The maximum absolute atomic E-state index is 12.6. The highest BCUT2D eigenvalue weighted by atomic mass is 16.5. The molecule has 1 aliphatic rings. The molecule has 8 heteroatoms. The number of ketones is 1. The van der Waals surface area contributed by atoms with E-state index < -0.39 is 6.10 Å². The second-order valence-electron chi connectivity index (χ2n) is 7.29. The molecule has 2 heterocycles. The van der Waals surface area contributed by atoms with Gasteiger partial charge in [-0.1, -0.05) is 6.07 Å². The van der Waals surface area contributed by atoms with Gasteiger partial charge in [-0.15, -0.1) is 0 Å². The lowest BCUT2D eigenvalue weighted by Gasteiger charge is -2.11. The highest BCUT2D eigenvalue weighted by molar-refractivity contribution is 6.08. The van der Waals surface area contributed by atoms with Crippen LogP contribution in [0.4, 0.5) is 11.4 Å². The molecule has 0 aliphatic carbocycles. The van der Waals surface area contributed by atoms with Crippen molar-refractivity contribution in [3.05, 3.63) is 77.9 Å². The van der Waals surface area contributed by atoms with Crippen LogP contribution in [0.25, 0.3) is 0 Å². The molecule has 3 aromatic rings. The van der Waals surface area contributed by atoms with E-state index in [1.54, 1.807) is 72.5 Å². The number of nitrogens with one attached hydrogen (secondary N) is 2. The molecule has 1 aliphatic heterocycles. The van der Waals surface area contributed by atoms with Gasteiger partial charge in [0.1, 0.15) is 6.10 Å². The Morgan fingerprint density at radius 2 is 1.84 bits per heavy atom. The van der Waals surface area contributed by atoms with Gasteiger partial charge < -0.3 is 19.9 Å². The van der Waals surface area contributed by atoms with Crippen molar-refractivity contribution in [2.75, 3.05) is 17.2 Å². The zero-order chi connectivity index (χ0) is 21.8. The molecular formula is C23H22N4O4. The van der Waals surface area contributed by atoms with Crippen LogP contribution in [-0.2, 0) is 16.6 Å². The fourth-order valence-electron chi connectivity index (χ4n) is 3.37. The van der Waals surface area contributed by atoms with E-state index in [0.29, 0.717) is 41.4 Å². The van der Waals surface area contributed by atoms with Crippen molar-refractivity contribution in [3.8, 4) is 0 Å². The molecule has 2 aromatic carbocycles. The predicted octanol–water partition coefficient (Wildman–Crippen LogP) is 3.02. The number of imidazole rings is 1. The second kappa shape index (κ2) is 8.93. The summed E-state index contributed by atoms with van der Waals surface area (Å²) in [5.41, 5.74) is 1.96. The zero-order valence-electron chi connectivity index (χ0n) is 17.0. The van der Waals surface area contributed by atoms with Gasteiger partial charge in [0.15, 0.2) is 5.82 Å². The maximum Gasteiger partial charge on any atom is 0.255 e. The number of hydrogen-bond donors (Lipinski definition) is 2. The molecule has 8 nitrogen and oxygen atoms in total. The molecule has 158 valence electrons. The van der Waals surface area contributed by atoms with E-state index in [4.69, 9.17) is 4.74 Å². The highest BCUT2D eigenvalue weighted by Crippen LogP contribution is 2.18. The van der Waals surface area contributed by atoms with E-state index in [1.165, 1.54) is 0 Å². The number of aryl methyl sites for hydroxylation is 1. The summed E-state index contributed by atoms with van der Waals surface area (Å²) in [7, 11) is 1.76. The van der Waals surface area contributed by atoms with Crippen molar-refractivity contribution in [1.82, 2.24) is 9.55 Å². The molecule has 1 aromatic heterocycles. The molecule has 2 N–H and O–H groups in total. The van der Waals surface area contributed by atoms with Gasteiger partial charge in [-0.3, -0.25) is 14.4 Å². The summed E-state index contributed by atoms with van der Waals surface area (Å²) < 4.78 is 7.03. The Morgan fingerprint density at radius 3 is 2.52 bits per heavy atom. The van der Waals surface area contributed by atoms with Crippen molar-refractivity contribution >= 4 is 29.0 Å². The summed E-state index contributed by atoms with van der Waals surface area (Å²) in [6.07, 6.45) is 4.40. The van der Waals surface area contributed by atoms with Gasteiger partial charge in [0.05, 0.1) is 0 Å². The third-order valence-electron chi connectivity index (χ3n) is 5.04. The Bertz CT molecular complexity index is 1110. The summed E-state index contributed by atoms with van der Waals surface area (Å²) in [6, 6.07) is 13.3. The van der Waals surface area contributed by atoms with Gasteiger partial charge in [0.25, 0.3) is 11.8 Å². The molecule has 0 spiro atoms. The van der Waals surface area contributed by atoms with Crippen LogP contribution in [0, 0.1) is 0 Å². The summed E-state index contributed by atoms with van der Waals surface area (Å²) in [5, 5.41) is 5.59. The lowest BCUT2D eigenvalue weighted by molar-refractivity contribution is -0.124. The largest absolute Gasteiger partial charge is 0.368 e. The molecule has 1 fully saturated rings. The van der Waals surface area contributed by atoms with Gasteiger partial charge in [-0.05, 0) is 55.3 Å². The van der Waals surface area contributed by atoms with Gasteiger partial charge in [0, 0.05) is 48.5 Å². The number of aromatic nitrogens is 2. The second-order valence-corrected chi connectivity index (χ2v) is 7.29. The average molecular weight is 418 g/mol. The highest BCUT2D eigenvalue weighted by Gasteiger charge is 2.23. The smallest absolute Gasteiger partial charge is 0.255 e. The van der Waals surface area contributed by atoms with Crippen LogP contribution in [0.15, 0.2) is 60.9 Å². The fourth-order valence-corrected chi connectivity index (χ4v) is 3.37. The molecule has 0 bridgehead atoms. The Morgan fingerprint density at radius 1 is 1.03 bits per heavy atom. The number of ether oxygens (including phenoxy) is 1. The Hall–Kier alpha value is -3.78. The van der Waals surface area contributed by atoms with Crippen LogP contribution in [0.5, 0.6) is 0 Å². The quantitative estimate of drug-likeness (QED) is 0.599. The number of amides is 2. The van der Waals surface area contributed by atoms with Crippen molar-refractivity contribution in [3.63, 3.8) is 0 Å². The minimum atomic E-state index is -0.440. The van der Waals surface area contributed by atoms with Crippen molar-refractivity contribution in [2.45, 2.75) is 18.9 Å². The average Bonchev–Trinajstić information content (AvgIpc) is 3.46. The molecule has 4 rings (SSSR count). The van der Waals surface area contributed by atoms with Crippen LogP contribution in [0.3, 0.4) is 0 Å². The van der Waals surface area contributed by atoms with E-state index in [1.807, 2.05) is 0 Å². The summed E-state index contributed by atoms with van der Waals surface area (Å²) >= 11 is 0. The first-order valence-electron chi connectivity index (χ1n) is 9.97. The van der Waals surface area contributed by atoms with E-state index in [9.17, 15) is 14.4 Å². The first kappa shape index (κ1) is 20.5. The number of anilines is 2. The van der Waals surface area contributed by atoms with Gasteiger partial charge >= 0.3 is 0 Å². The number of hydrogen-bond acceptors (Lipinski definition) is 5. The van der Waals surface area contributed by atoms with Crippen LogP contribution in [-0.4, -0.2) is 39.9 Å². The topological polar surface area (TPSA) is 102 Å². The summed E-state index contributed by atoms with van der Waals surface area (Å²) in [6.45, 7) is 0.590. The van der Waals surface area contributed by atoms with Crippen molar-refractivity contribution < 1.29 is 19.1 Å². The van der Waals surface area contributed by atoms with Gasteiger partial charge in [-0.2, -0.15) is 0 Å². The summed E-state index contributed by atoms with van der Waals surface area (Å²) in [4.78, 5) is 41.4. The Kier molecular flexibility index (Phi) is 5.90. The third-order valence-corrected chi connectivity index (χ3v) is 5.04. The summed E-state index contributed by atoms with van der Waals surface area (Å²) in [5.74, 6) is -0.377. The maximum atomic E-state index is 12.6. The standard InChI is InChI=1S/C23H22N4O4/c1-27-12-11-24-21(27)20(28)15-7-9-17(10-8-15)25-22(29)16-4-2-5-18(14-16)26-23(30)19-6-3-13-31-19/h2,4-5,7-12,14,19H,3,6,13H2,1H3,(H,25,29)(H,26,30). The SMILES string of the molecule is Cn1ccnc1C(=O)c1ccc(NC(=O)c2cccc(NC(=O)C3CCCO3)c2)cc1. The molecule has 0 saturated carbocycles. The van der Waals surface area contributed by atoms with E-state index >= 15 is 0 Å². The molecule has 0 radical (unpaired) electrons. The third kappa shape index (κ3) is 4.70. The molecule has 31 heavy (non-hydrogen) atoms. The van der Waals surface area contributed by atoms with Crippen LogP contribution < -0.4 is 10.6 Å². The molecular weight excluding hydrogens is 396 g/mol. The normalized spacial score (nSPS) is 15.5. The van der Waals surface area contributed by atoms with Crippen molar-refractivity contribution in [2.24, 2.45) is 7.05 Å². The lowest BCUT2D eigenvalue weighted by Crippen LogP contribution is -2.27. The number of benzene rings is 2. The minimum Gasteiger partial charge on any atom is -0.368 e. The predicted molar refractivity (Wildman–Crippen MR) is 115 cm³/mol. The molecule has 1 atom stereocenters. The minimum absolute atomic E-state index is 0.194. The molecule has 1 saturated heterocycles. The van der Waals surface area contributed by atoms with E-state index in [2.05, 4.69) is 15.6 Å². The zero-order valence-corrected chi connectivity index (χ0v) is 17.0. The number of nitrogens with zero attached hydrogens (tertiary/aromatic N) is 2. The van der Waals surface area contributed by atoms with Crippen LogP contribution >= 0.6 is 0 Å². The number of carbonyl (C=O) groups excluding carboxylic acids is 3. The Labute approximate surface area is 179 Å². The van der Waals surface area contributed by atoms with Gasteiger partial charge in [-0.25, -0.2) is 4.98 Å². The lowest BCUT2D eigenvalue weighted by atomic mass is 10.1. The molecule has 1 unspecified atom stereocenters. The van der Waals surface area contributed by atoms with E-state index in [0.717, 1.165) is 6.42 Å². The van der Waals surface area contributed by atoms with Gasteiger partial charge in [0.2, 0.25) is 5.78 Å². The monoisotopic (exact) mass is 418 g/mol. The molecule has 2 amide bonds. The number of rotatable bonds is 6. The van der Waals surface area contributed by atoms with Crippen LogP contribution in [0.1, 0.15) is 39.4 Å². The number of carbonyl (C=O) groups is 3.